The maximum atomic E-state index is 11.6. The third-order valence-corrected chi connectivity index (χ3v) is 4.45. The first-order valence-corrected chi connectivity index (χ1v) is 10.7. The third kappa shape index (κ3) is 16.2. The van der Waals surface area contributed by atoms with Crippen molar-refractivity contribution < 1.29 is 19.1 Å². The molecule has 0 aromatic heterocycles. The molecule has 0 fully saturated rings. The van der Waals surface area contributed by atoms with Crippen molar-refractivity contribution in [3.8, 4) is 0 Å². The van der Waals surface area contributed by atoms with E-state index >= 15 is 0 Å². The molecule has 0 amide bonds. The number of ether oxygens (including phenoxy) is 2. The van der Waals surface area contributed by atoms with Crippen LogP contribution in [0.5, 0.6) is 0 Å². The molecule has 0 saturated heterocycles. The maximum absolute atomic E-state index is 11.6. The largest absolute Gasteiger partial charge is 0.463 e. The highest BCUT2D eigenvalue weighted by molar-refractivity contribution is 5.91. The van der Waals surface area contributed by atoms with Crippen LogP contribution >= 0.6 is 0 Å². The Hall–Kier alpha value is -1.32. The number of unbranched alkanes of at least 4 members (excludes halogenated alkanes) is 9. The van der Waals surface area contributed by atoms with E-state index in [1.165, 1.54) is 57.4 Å². The molecule has 26 heavy (non-hydrogen) atoms. The Balaban J connectivity index is 3.57. The lowest BCUT2D eigenvalue weighted by molar-refractivity contribution is -0.144. The molecule has 0 aliphatic rings. The molecule has 4 heteroatoms. The summed E-state index contributed by atoms with van der Waals surface area (Å²) in [5.74, 6) is -0.942. The Kier molecular flexibility index (Phi) is 17.5. The molecule has 0 aliphatic heterocycles. The molecule has 0 bridgehead atoms. The van der Waals surface area contributed by atoms with Crippen LogP contribution in [-0.4, -0.2) is 24.6 Å². The van der Waals surface area contributed by atoms with Crippen LogP contribution in [-0.2, 0) is 19.1 Å². The molecule has 0 radical (unpaired) electrons. The zero-order valence-electron chi connectivity index (χ0n) is 17.3. The summed E-state index contributed by atoms with van der Waals surface area (Å²) < 4.78 is 10.4. The van der Waals surface area contributed by atoms with Crippen LogP contribution in [0.25, 0.3) is 0 Å². The van der Waals surface area contributed by atoms with Gasteiger partial charge in [0.1, 0.15) is 6.10 Å². The van der Waals surface area contributed by atoms with Crippen LogP contribution in [0.3, 0.4) is 0 Å². The van der Waals surface area contributed by atoms with E-state index in [4.69, 9.17) is 9.47 Å². The molecule has 0 saturated carbocycles. The quantitative estimate of drug-likeness (QED) is 0.176. The van der Waals surface area contributed by atoms with Gasteiger partial charge >= 0.3 is 11.9 Å². The molecular formula is C22H40O4. The predicted octanol–water partition coefficient (Wildman–Crippen LogP) is 6.13. The Bertz CT molecular complexity index is 376. The van der Waals surface area contributed by atoms with Crippen LogP contribution in [0.1, 0.15) is 104 Å². The molecule has 0 N–H and O–H groups in total. The summed E-state index contributed by atoms with van der Waals surface area (Å²) in [6, 6.07) is 0. The van der Waals surface area contributed by atoms with Crippen LogP contribution in [0.15, 0.2) is 12.2 Å². The molecule has 0 heterocycles. The van der Waals surface area contributed by atoms with Crippen molar-refractivity contribution in [3.05, 3.63) is 12.2 Å². The fourth-order valence-electron chi connectivity index (χ4n) is 2.82. The van der Waals surface area contributed by atoms with Gasteiger partial charge in [-0.25, -0.2) is 9.59 Å². The van der Waals surface area contributed by atoms with E-state index in [-0.39, 0.29) is 6.10 Å². The average molecular weight is 369 g/mol. The minimum Gasteiger partial charge on any atom is -0.463 e. The topological polar surface area (TPSA) is 52.6 Å². The lowest BCUT2D eigenvalue weighted by Crippen LogP contribution is -2.16. The van der Waals surface area contributed by atoms with Crippen LogP contribution in [0.4, 0.5) is 0 Å². The van der Waals surface area contributed by atoms with Crippen molar-refractivity contribution in [2.75, 3.05) is 6.61 Å². The fraction of sp³-hybridized carbons (Fsp3) is 0.818. The van der Waals surface area contributed by atoms with E-state index in [1.807, 2.05) is 6.92 Å². The smallest absolute Gasteiger partial charge is 0.331 e. The van der Waals surface area contributed by atoms with E-state index in [1.54, 1.807) is 0 Å². The molecule has 4 nitrogen and oxygen atoms in total. The normalized spacial score (nSPS) is 12.3. The predicted molar refractivity (Wildman–Crippen MR) is 107 cm³/mol. The minimum atomic E-state index is -0.471. The summed E-state index contributed by atoms with van der Waals surface area (Å²) in [6.45, 7) is 6.70. The van der Waals surface area contributed by atoms with Crippen molar-refractivity contribution >= 4 is 11.9 Å². The first-order chi connectivity index (χ1) is 12.6. The van der Waals surface area contributed by atoms with Gasteiger partial charge in [-0.2, -0.15) is 0 Å². The number of carbonyl (C=O) groups is 2. The van der Waals surface area contributed by atoms with Gasteiger partial charge in [0, 0.05) is 12.2 Å². The van der Waals surface area contributed by atoms with E-state index < -0.39 is 11.9 Å². The standard InChI is InChI=1S/C22H40O4/c1-4-7-8-9-10-11-12-13-14-15-19-25-21(23)17-18-22(24)26-20(6-3)16-5-2/h17-18,20H,4-16,19H2,1-3H3/b18-17+. The number of hydrogen-bond donors (Lipinski definition) is 0. The van der Waals surface area contributed by atoms with E-state index in [0.717, 1.165) is 38.2 Å². The molecule has 0 aromatic carbocycles. The summed E-state index contributed by atoms with van der Waals surface area (Å²) in [4.78, 5) is 23.2. The Morgan fingerprint density at radius 2 is 1.27 bits per heavy atom. The van der Waals surface area contributed by atoms with Gasteiger partial charge in [0.2, 0.25) is 0 Å². The first kappa shape index (κ1) is 24.7. The summed E-state index contributed by atoms with van der Waals surface area (Å²) >= 11 is 0. The summed E-state index contributed by atoms with van der Waals surface area (Å²) in [5.41, 5.74) is 0. The van der Waals surface area contributed by atoms with Gasteiger partial charge in [-0.1, -0.05) is 85.0 Å². The van der Waals surface area contributed by atoms with Crippen LogP contribution in [0.2, 0.25) is 0 Å². The summed E-state index contributed by atoms with van der Waals surface area (Å²) in [7, 11) is 0. The Morgan fingerprint density at radius 1 is 0.731 bits per heavy atom. The van der Waals surface area contributed by atoms with E-state index in [9.17, 15) is 9.59 Å². The minimum absolute atomic E-state index is 0.0696. The van der Waals surface area contributed by atoms with Gasteiger partial charge < -0.3 is 9.47 Å². The number of esters is 2. The maximum Gasteiger partial charge on any atom is 0.331 e. The zero-order chi connectivity index (χ0) is 19.5. The van der Waals surface area contributed by atoms with Crippen molar-refractivity contribution in [1.82, 2.24) is 0 Å². The molecule has 0 aromatic rings. The number of carbonyl (C=O) groups excluding carboxylic acids is 2. The SMILES string of the molecule is CCCCCCCCCCCCOC(=O)/C=C/C(=O)OC(CC)CCC. The zero-order valence-corrected chi connectivity index (χ0v) is 17.3. The molecular weight excluding hydrogens is 328 g/mol. The van der Waals surface area contributed by atoms with Gasteiger partial charge in [-0.05, 0) is 19.3 Å². The van der Waals surface area contributed by atoms with Gasteiger partial charge in [-0.3, -0.25) is 0 Å². The monoisotopic (exact) mass is 368 g/mol. The first-order valence-electron chi connectivity index (χ1n) is 10.7. The Morgan fingerprint density at radius 3 is 1.81 bits per heavy atom. The molecule has 1 unspecified atom stereocenters. The number of hydrogen-bond acceptors (Lipinski definition) is 4. The second-order valence-corrected chi connectivity index (χ2v) is 6.94. The van der Waals surface area contributed by atoms with Crippen molar-refractivity contribution in [2.45, 2.75) is 110 Å². The van der Waals surface area contributed by atoms with Crippen LogP contribution < -0.4 is 0 Å². The highest BCUT2D eigenvalue weighted by Crippen LogP contribution is 2.10. The third-order valence-electron chi connectivity index (χ3n) is 4.45. The summed E-state index contributed by atoms with van der Waals surface area (Å²) in [5, 5.41) is 0. The van der Waals surface area contributed by atoms with Gasteiger partial charge in [0.05, 0.1) is 6.61 Å². The lowest BCUT2D eigenvalue weighted by atomic mass is 10.1. The molecule has 152 valence electrons. The average Bonchev–Trinajstić information content (AvgIpc) is 2.64. The van der Waals surface area contributed by atoms with E-state index in [2.05, 4.69) is 13.8 Å². The number of rotatable bonds is 17. The summed E-state index contributed by atoms with van der Waals surface area (Å²) in [6.07, 6.45) is 17.3. The second-order valence-electron chi connectivity index (χ2n) is 6.94. The molecule has 1 atom stereocenters. The van der Waals surface area contributed by atoms with Crippen molar-refractivity contribution in [1.29, 1.82) is 0 Å². The fourth-order valence-corrected chi connectivity index (χ4v) is 2.82. The lowest BCUT2D eigenvalue weighted by Gasteiger charge is -2.13. The highest BCUT2D eigenvalue weighted by atomic mass is 16.5. The molecule has 0 aliphatic carbocycles. The molecule has 0 rings (SSSR count). The highest BCUT2D eigenvalue weighted by Gasteiger charge is 2.09. The Labute approximate surface area is 160 Å². The second kappa shape index (κ2) is 18.5. The van der Waals surface area contributed by atoms with Gasteiger partial charge in [-0.15, -0.1) is 0 Å². The van der Waals surface area contributed by atoms with Crippen molar-refractivity contribution in [2.24, 2.45) is 0 Å². The van der Waals surface area contributed by atoms with E-state index in [0.29, 0.717) is 6.61 Å². The molecule has 0 spiro atoms. The van der Waals surface area contributed by atoms with Crippen molar-refractivity contribution in [3.63, 3.8) is 0 Å². The van der Waals surface area contributed by atoms with Crippen LogP contribution in [0, 0.1) is 0 Å². The van der Waals surface area contributed by atoms with Gasteiger partial charge in [0.25, 0.3) is 0 Å². The van der Waals surface area contributed by atoms with Gasteiger partial charge in [0.15, 0.2) is 0 Å².